The number of aliphatic imine (C=N–C) groups is 1. The lowest BCUT2D eigenvalue weighted by atomic mass is 9.91. The molecule has 0 fully saturated rings. The minimum atomic E-state index is 0.389. The summed E-state index contributed by atoms with van der Waals surface area (Å²) in [5.74, 6) is 0.581. The van der Waals surface area contributed by atoms with E-state index in [9.17, 15) is 0 Å². The van der Waals surface area contributed by atoms with E-state index in [4.69, 9.17) is 0 Å². The summed E-state index contributed by atoms with van der Waals surface area (Å²) >= 11 is 0. The molecule has 1 aliphatic heterocycles. The zero-order valence-corrected chi connectivity index (χ0v) is 9.40. The number of fused-ring (bicyclic) bond motifs is 1. The largest absolute Gasteiger partial charge is 0.282 e. The second-order valence-corrected chi connectivity index (χ2v) is 4.29. The van der Waals surface area contributed by atoms with Crippen molar-refractivity contribution < 1.29 is 0 Å². The fourth-order valence-corrected chi connectivity index (χ4v) is 2.32. The Morgan fingerprint density at radius 2 is 2.07 bits per heavy atom. The van der Waals surface area contributed by atoms with Crippen LogP contribution in [0.4, 0.5) is 0 Å². The lowest BCUT2D eigenvalue weighted by molar-refractivity contribution is 0.595. The molecule has 0 radical (unpaired) electrons. The molecule has 0 aliphatic carbocycles. The van der Waals surface area contributed by atoms with Gasteiger partial charge in [-0.25, -0.2) is 0 Å². The minimum absolute atomic E-state index is 0.389. The molecule has 0 bridgehead atoms. The van der Waals surface area contributed by atoms with Gasteiger partial charge in [-0.1, -0.05) is 37.8 Å². The van der Waals surface area contributed by atoms with Gasteiger partial charge in [0.1, 0.15) is 0 Å². The molecule has 1 aliphatic rings. The van der Waals surface area contributed by atoms with Gasteiger partial charge in [0, 0.05) is 11.6 Å². The van der Waals surface area contributed by atoms with Crippen molar-refractivity contribution in [3.05, 3.63) is 48.0 Å². The second kappa shape index (κ2) is 4.01. The predicted molar refractivity (Wildman–Crippen MR) is 65.7 cm³/mol. The van der Waals surface area contributed by atoms with Gasteiger partial charge in [0.25, 0.3) is 0 Å². The lowest BCUT2D eigenvalue weighted by Crippen LogP contribution is -2.02. The Morgan fingerprint density at radius 3 is 2.80 bits per heavy atom. The standard InChI is InChI=1S/C14H17N/c1-4-14-13-8-6-5-7-12(13)10(2)9-11(3)15-14/h4-8,10-11H,1,9H2,2-3H3. The van der Waals surface area contributed by atoms with Crippen molar-refractivity contribution in [3.63, 3.8) is 0 Å². The molecule has 0 N–H and O–H groups in total. The highest BCUT2D eigenvalue weighted by atomic mass is 14.8. The van der Waals surface area contributed by atoms with Gasteiger partial charge in [-0.2, -0.15) is 0 Å². The molecule has 2 rings (SSSR count). The Balaban J connectivity index is 2.57. The van der Waals surface area contributed by atoms with Crippen molar-refractivity contribution in [2.24, 2.45) is 4.99 Å². The van der Waals surface area contributed by atoms with Crippen LogP contribution < -0.4 is 0 Å². The molecule has 78 valence electrons. The maximum atomic E-state index is 4.68. The van der Waals surface area contributed by atoms with Gasteiger partial charge in [0.15, 0.2) is 0 Å². The summed E-state index contributed by atoms with van der Waals surface area (Å²) in [4.78, 5) is 4.68. The fraction of sp³-hybridized carbons (Fsp3) is 0.357. The van der Waals surface area contributed by atoms with E-state index in [1.54, 1.807) is 0 Å². The maximum absolute atomic E-state index is 4.68. The zero-order valence-electron chi connectivity index (χ0n) is 9.40. The van der Waals surface area contributed by atoms with E-state index in [0.29, 0.717) is 12.0 Å². The van der Waals surface area contributed by atoms with E-state index < -0.39 is 0 Å². The summed E-state index contributed by atoms with van der Waals surface area (Å²) in [7, 11) is 0. The lowest BCUT2D eigenvalue weighted by Gasteiger charge is -2.13. The normalized spacial score (nSPS) is 25.1. The molecule has 1 aromatic carbocycles. The minimum Gasteiger partial charge on any atom is -0.282 e. The maximum Gasteiger partial charge on any atom is 0.0646 e. The monoisotopic (exact) mass is 199 g/mol. The summed E-state index contributed by atoms with van der Waals surface area (Å²) in [6.07, 6.45) is 2.99. The van der Waals surface area contributed by atoms with Crippen molar-refractivity contribution in [3.8, 4) is 0 Å². The van der Waals surface area contributed by atoms with Crippen LogP contribution in [0.5, 0.6) is 0 Å². The third-order valence-electron chi connectivity index (χ3n) is 3.02. The Labute approximate surface area is 91.6 Å². The van der Waals surface area contributed by atoms with E-state index in [1.165, 1.54) is 11.1 Å². The quantitative estimate of drug-likeness (QED) is 0.655. The Bertz CT molecular complexity index is 404. The fourth-order valence-electron chi connectivity index (χ4n) is 2.32. The van der Waals surface area contributed by atoms with Crippen LogP contribution in [-0.2, 0) is 0 Å². The topological polar surface area (TPSA) is 12.4 Å². The molecular formula is C14H17N. The molecule has 1 aromatic rings. The molecule has 0 saturated heterocycles. The van der Waals surface area contributed by atoms with Crippen LogP contribution in [0.25, 0.3) is 0 Å². The van der Waals surface area contributed by atoms with Gasteiger partial charge in [0.05, 0.1) is 5.71 Å². The van der Waals surface area contributed by atoms with Crippen LogP contribution in [0, 0.1) is 0 Å². The first-order valence-corrected chi connectivity index (χ1v) is 5.52. The van der Waals surface area contributed by atoms with E-state index in [1.807, 2.05) is 6.08 Å². The average Bonchev–Trinajstić information content (AvgIpc) is 2.36. The number of benzene rings is 1. The summed E-state index contributed by atoms with van der Waals surface area (Å²) < 4.78 is 0. The van der Waals surface area contributed by atoms with Crippen molar-refractivity contribution >= 4 is 5.71 Å². The average molecular weight is 199 g/mol. The predicted octanol–water partition coefficient (Wildman–Crippen LogP) is 3.56. The molecule has 15 heavy (non-hydrogen) atoms. The Kier molecular flexibility index (Phi) is 2.72. The molecule has 2 atom stereocenters. The molecule has 1 heterocycles. The van der Waals surface area contributed by atoms with E-state index in [0.717, 1.165) is 12.1 Å². The number of rotatable bonds is 1. The molecule has 1 heteroatoms. The highest BCUT2D eigenvalue weighted by Crippen LogP contribution is 2.29. The van der Waals surface area contributed by atoms with Gasteiger partial charge in [-0.05, 0) is 30.9 Å². The molecule has 1 nitrogen and oxygen atoms in total. The summed E-state index contributed by atoms with van der Waals surface area (Å²) in [5, 5.41) is 0. The van der Waals surface area contributed by atoms with Crippen molar-refractivity contribution in [2.45, 2.75) is 32.2 Å². The first kappa shape index (κ1) is 10.2. The summed E-state index contributed by atoms with van der Waals surface area (Å²) in [5.41, 5.74) is 3.70. The Hall–Kier alpha value is -1.37. The van der Waals surface area contributed by atoms with Crippen LogP contribution in [0.3, 0.4) is 0 Å². The first-order valence-electron chi connectivity index (χ1n) is 5.52. The summed E-state index contributed by atoms with van der Waals surface area (Å²) in [6.45, 7) is 8.30. The number of nitrogens with zero attached hydrogens (tertiary/aromatic N) is 1. The van der Waals surface area contributed by atoms with Gasteiger partial charge < -0.3 is 0 Å². The molecule has 0 saturated carbocycles. The van der Waals surface area contributed by atoms with Crippen molar-refractivity contribution in [1.82, 2.24) is 0 Å². The number of hydrogen-bond donors (Lipinski definition) is 0. The van der Waals surface area contributed by atoms with Crippen LogP contribution >= 0.6 is 0 Å². The molecule has 0 amide bonds. The van der Waals surface area contributed by atoms with E-state index >= 15 is 0 Å². The van der Waals surface area contributed by atoms with Gasteiger partial charge >= 0.3 is 0 Å². The number of allylic oxidation sites excluding steroid dienone is 1. The SMILES string of the molecule is C=CC1=NC(C)CC(C)c2ccccc21. The smallest absolute Gasteiger partial charge is 0.0646 e. The van der Waals surface area contributed by atoms with Gasteiger partial charge in [-0.15, -0.1) is 0 Å². The number of hydrogen-bond acceptors (Lipinski definition) is 1. The first-order chi connectivity index (χ1) is 7.22. The summed E-state index contributed by atoms with van der Waals surface area (Å²) in [6, 6.07) is 8.91. The zero-order chi connectivity index (χ0) is 10.8. The van der Waals surface area contributed by atoms with Crippen LogP contribution in [0.15, 0.2) is 41.9 Å². The van der Waals surface area contributed by atoms with Crippen LogP contribution in [0.1, 0.15) is 37.3 Å². The Morgan fingerprint density at radius 1 is 1.33 bits per heavy atom. The third kappa shape index (κ3) is 1.87. The molecule has 0 aromatic heterocycles. The molecular weight excluding hydrogens is 182 g/mol. The second-order valence-electron chi connectivity index (χ2n) is 4.29. The third-order valence-corrected chi connectivity index (χ3v) is 3.02. The van der Waals surface area contributed by atoms with Crippen molar-refractivity contribution in [2.75, 3.05) is 0 Å². The highest BCUT2D eigenvalue weighted by molar-refractivity contribution is 6.09. The molecule has 0 spiro atoms. The highest BCUT2D eigenvalue weighted by Gasteiger charge is 2.19. The van der Waals surface area contributed by atoms with Gasteiger partial charge in [-0.3, -0.25) is 4.99 Å². The van der Waals surface area contributed by atoms with Gasteiger partial charge in [0.2, 0.25) is 0 Å². The van der Waals surface area contributed by atoms with Crippen molar-refractivity contribution in [1.29, 1.82) is 0 Å². The van der Waals surface area contributed by atoms with E-state index in [-0.39, 0.29) is 0 Å². The van der Waals surface area contributed by atoms with Crippen LogP contribution in [-0.4, -0.2) is 11.8 Å². The van der Waals surface area contributed by atoms with E-state index in [2.05, 4.69) is 49.7 Å². The molecule has 2 unspecified atom stereocenters. The van der Waals surface area contributed by atoms with Crippen LogP contribution in [0.2, 0.25) is 0 Å².